The topological polar surface area (TPSA) is 157 Å². The third kappa shape index (κ3) is 2.24. The van der Waals surface area contributed by atoms with E-state index in [0.29, 0.717) is 0 Å². The van der Waals surface area contributed by atoms with Crippen molar-refractivity contribution in [2.45, 2.75) is 30.4 Å². The first-order chi connectivity index (χ1) is 7.31. The standard InChI is InChI=1S/C7H12O9/c8-1-2-3(9)4(10)5(11)7(14,15-2)16-6(12)13/h2-5,8-11,14H,1H2,(H,12,13)/t2-,3-,4+,5-,7+/m1/s1. The fourth-order valence-electron chi connectivity index (χ4n) is 1.33. The van der Waals surface area contributed by atoms with Gasteiger partial charge in [-0.25, -0.2) is 4.79 Å². The lowest BCUT2D eigenvalue weighted by Gasteiger charge is -2.43. The molecule has 0 amide bonds. The van der Waals surface area contributed by atoms with E-state index < -0.39 is 43.2 Å². The molecule has 0 spiro atoms. The smallest absolute Gasteiger partial charge is 0.450 e. The Kier molecular flexibility index (Phi) is 3.68. The van der Waals surface area contributed by atoms with Gasteiger partial charge in [0.15, 0.2) is 6.10 Å². The highest BCUT2D eigenvalue weighted by atomic mass is 16.9. The van der Waals surface area contributed by atoms with E-state index in [4.69, 9.17) is 10.2 Å². The lowest BCUT2D eigenvalue weighted by atomic mass is 9.98. The molecule has 0 aromatic carbocycles. The van der Waals surface area contributed by atoms with Gasteiger partial charge >= 0.3 is 12.1 Å². The lowest BCUT2D eigenvalue weighted by molar-refractivity contribution is -0.433. The number of rotatable bonds is 2. The van der Waals surface area contributed by atoms with E-state index in [1.54, 1.807) is 0 Å². The van der Waals surface area contributed by atoms with E-state index in [0.717, 1.165) is 0 Å². The third-order valence-corrected chi connectivity index (χ3v) is 2.16. The molecular formula is C7H12O9. The molecular weight excluding hydrogens is 228 g/mol. The Bertz CT molecular complexity index is 267. The summed E-state index contributed by atoms with van der Waals surface area (Å²) in [6.07, 6.45) is -9.24. The van der Waals surface area contributed by atoms with E-state index in [1.165, 1.54) is 0 Å². The normalized spacial score (nSPS) is 44.1. The summed E-state index contributed by atoms with van der Waals surface area (Å²) in [5, 5.41) is 54.3. The number of ether oxygens (including phenoxy) is 2. The summed E-state index contributed by atoms with van der Waals surface area (Å²) in [5.41, 5.74) is 0. The maximum Gasteiger partial charge on any atom is 0.510 e. The first kappa shape index (κ1) is 13.1. The minimum atomic E-state index is -3.03. The Labute approximate surface area is 89.1 Å². The van der Waals surface area contributed by atoms with Gasteiger partial charge in [0.1, 0.15) is 18.3 Å². The number of hydrogen-bond acceptors (Lipinski definition) is 8. The molecule has 1 heterocycles. The summed E-state index contributed by atoms with van der Waals surface area (Å²) < 4.78 is 8.33. The molecule has 0 saturated carbocycles. The highest BCUT2D eigenvalue weighted by molar-refractivity contribution is 5.57. The Morgan fingerprint density at radius 3 is 2.31 bits per heavy atom. The van der Waals surface area contributed by atoms with Gasteiger partial charge in [-0.05, 0) is 0 Å². The van der Waals surface area contributed by atoms with Crippen molar-refractivity contribution in [3.05, 3.63) is 0 Å². The van der Waals surface area contributed by atoms with Crippen LogP contribution in [0.3, 0.4) is 0 Å². The van der Waals surface area contributed by atoms with Crippen LogP contribution in [0, 0.1) is 0 Å². The molecule has 9 nitrogen and oxygen atoms in total. The third-order valence-electron chi connectivity index (χ3n) is 2.16. The van der Waals surface area contributed by atoms with Crippen LogP contribution >= 0.6 is 0 Å². The molecule has 0 aliphatic carbocycles. The van der Waals surface area contributed by atoms with Crippen molar-refractivity contribution in [1.82, 2.24) is 0 Å². The van der Waals surface area contributed by atoms with E-state index in [1.807, 2.05) is 0 Å². The van der Waals surface area contributed by atoms with Crippen LogP contribution in [0.15, 0.2) is 0 Å². The van der Waals surface area contributed by atoms with Crippen LogP contribution < -0.4 is 0 Å². The largest absolute Gasteiger partial charge is 0.510 e. The van der Waals surface area contributed by atoms with Gasteiger partial charge in [-0.15, -0.1) is 0 Å². The Morgan fingerprint density at radius 1 is 1.31 bits per heavy atom. The fourth-order valence-corrected chi connectivity index (χ4v) is 1.33. The first-order valence-electron chi connectivity index (χ1n) is 4.29. The number of hydrogen-bond donors (Lipinski definition) is 6. The minimum absolute atomic E-state index is 0.809. The summed E-state index contributed by atoms with van der Waals surface area (Å²) in [4.78, 5) is 10.2. The quantitative estimate of drug-likeness (QED) is 0.216. The summed E-state index contributed by atoms with van der Waals surface area (Å²) in [6, 6.07) is 0. The van der Waals surface area contributed by atoms with Crippen LogP contribution in [0.4, 0.5) is 4.79 Å². The number of carbonyl (C=O) groups is 1. The van der Waals surface area contributed by atoms with Crippen molar-refractivity contribution in [1.29, 1.82) is 0 Å². The van der Waals surface area contributed by atoms with Gasteiger partial charge in [-0.1, -0.05) is 0 Å². The predicted octanol–water partition coefficient (Wildman–Crippen LogP) is -3.20. The predicted molar refractivity (Wildman–Crippen MR) is 44.0 cm³/mol. The van der Waals surface area contributed by atoms with E-state index in [-0.39, 0.29) is 0 Å². The molecule has 0 aromatic rings. The molecule has 1 aliphatic heterocycles. The van der Waals surface area contributed by atoms with Crippen molar-refractivity contribution in [3.8, 4) is 0 Å². The van der Waals surface area contributed by atoms with Gasteiger partial charge in [-0.3, -0.25) is 0 Å². The summed E-state index contributed by atoms with van der Waals surface area (Å²) in [5.74, 6) is -3.03. The molecule has 5 atom stereocenters. The highest BCUT2D eigenvalue weighted by Crippen LogP contribution is 2.29. The van der Waals surface area contributed by atoms with E-state index >= 15 is 0 Å². The van der Waals surface area contributed by atoms with Crippen LogP contribution in [-0.4, -0.2) is 73.8 Å². The van der Waals surface area contributed by atoms with Crippen LogP contribution in [0.25, 0.3) is 0 Å². The van der Waals surface area contributed by atoms with Gasteiger partial charge in [0, 0.05) is 0 Å². The number of aliphatic hydroxyl groups is 5. The Balaban J connectivity index is 2.89. The molecule has 0 unspecified atom stereocenters. The van der Waals surface area contributed by atoms with Gasteiger partial charge < -0.3 is 40.1 Å². The van der Waals surface area contributed by atoms with Gasteiger partial charge in [-0.2, -0.15) is 0 Å². The monoisotopic (exact) mass is 240 g/mol. The maximum absolute atomic E-state index is 10.2. The number of aliphatic hydroxyl groups excluding tert-OH is 4. The minimum Gasteiger partial charge on any atom is -0.450 e. The zero-order valence-corrected chi connectivity index (χ0v) is 7.92. The van der Waals surface area contributed by atoms with E-state index in [2.05, 4.69) is 9.47 Å². The Morgan fingerprint density at radius 2 is 1.88 bits per heavy atom. The molecule has 1 fully saturated rings. The van der Waals surface area contributed by atoms with Gasteiger partial charge in [0.2, 0.25) is 0 Å². The molecule has 0 radical (unpaired) electrons. The van der Waals surface area contributed by atoms with Crippen LogP contribution in [0.1, 0.15) is 0 Å². The average Bonchev–Trinajstić information content (AvgIpc) is 2.20. The SMILES string of the molecule is O=C(O)O[C@@]1(O)O[C@H](CO)[C@@H](O)[C@H](O)[C@H]1O. The van der Waals surface area contributed by atoms with Crippen molar-refractivity contribution in [2.75, 3.05) is 6.61 Å². The molecule has 0 aromatic heterocycles. The van der Waals surface area contributed by atoms with Crippen molar-refractivity contribution >= 4 is 6.16 Å². The van der Waals surface area contributed by atoms with Crippen LogP contribution in [0.2, 0.25) is 0 Å². The molecule has 9 heteroatoms. The van der Waals surface area contributed by atoms with Crippen molar-refractivity contribution in [3.63, 3.8) is 0 Å². The molecule has 1 aliphatic rings. The fraction of sp³-hybridized carbons (Fsp3) is 0.857. The van der Waals surface area contributed by atoms with Crippen LogP contribution in [0.5, 0.6) is 0 Å². The van der Waals surface area contributed by atoms with E-state index in [9.17, 15) is 25.2 Å². The lowest BCUT2D eigenvalue weighted by Crippen LogP contribution is -2.66. The second-order valence-electron chi connectivity index (χ2n) is 3.26. The number of carboxylic acid groups (broad SMARTS) is 1. The molecule has 94 valence electrons. The zero-order valence-electron chi connectivity index (χ0n) is 7.92. The van der Waals surface area contributed by atoms with Crippen LogP contribution in [-0.2, 0) is 9.47 Å². The Hall–Kier alpha value is -0.970. The summed E-state index contributed by atoms with van der Waals surface area (Å²) in [6.45, 7) is -0.809. The molecule has 1 rings (SSSR count). The molecule has 0 bridgehead atoms. The van der Waals surface area contributed by atoms with Gasteiger partial charge in [0.25, 0.3) is 0 Å². The zero-order chi connectivity index (χ0) is 12.5. The van der Waals surface area contributed by atoms with Gasteiger partial charge in [0.05, 0.1) is 6.61 Å². The highest BCUT2D eigenvalue weighted by Gasteiger charge is 2.56. The summed E-state index contributed by atoms with van der Waals surface area (Å²) >= 11 is 0. The van der Waals surface area contributed by atoms with Crippen molar-refractivity contribution in [2.24, 2.45) is 0 Å². The second kappa shape index (κ2) is 4.49. The summed E-state index contributed by atoms with van der Waals surface area (Å²) in [7, 11) is 0. The maximum atomic E-state index is 10.2. The first-order valence-corrected chi connectivity index (χ1v) is 4.29. The molecule has 16 heavy (non-hydrogen) atoms. The average molecular weight is 240 g/mol. The molecule has 1 saturated heterocycles. The second-order valence-corrected chi connectivity index (χ2v) is 3.26. The molecule has 6 N–H and O–H groups in total. The van der Waals surface area contributed by atoms with Crippen molar-refractivity contribution < 1.29 is 44.9 Å².